The summed E-state index contributed by atoms with van der Waals surface area (Å²) in [5.74, 6) is 1.03. The molecule has 0 fully saturated rings. The normalized spacial score (nSPS) is 11.2. The first-order valence-electron chi connectivity index (χ1n) is 8.51. The molecule has 3 rings (SSSR count). The number of esters is 1. The van der Waals surface area contributed by atoms with Gasteiger partial charge < -0.3 is 4.74 Å². The van der Waals surface area contributed by atoms with Crippen LogP contribution in [0.2, 0.25) is 5.02 Å². The molecule has 0 amide bonds. The average Bonchev–Trinajstić information content (AvgIpc) is 3.22. The van der Waals surface area contributed by atoms with Crippen molar-refractivity contribution in [2.45, 2.75) is 10.6 Å². The maximum absolute atomic E-state index is 12.7. The summed E-state index contributed by atoms with van der Waals surface area (Å²) in [4.78, 5) is 13.3. The van der Waals surface area contributed by atoms with Gasteiger partial charge >= 0.3 is 5.97 Å². The molecule has 0 aliphatic carbocycles. The topological polar surface area (TPSA) is 63.7 Å². The molecule has 5 nitrogen and oxygen atoms in total. The van der Waals surface area contributed by atoms with Crippen LogP contribution >= 0.6 is 34.7 Å². The number of nitrogens with zero attached hydrogens (tertiary/aromatic N) is 1. The van der Waals surface area contributed by atoms with Crippen LogP contribution in [0.3, 0.4) is 0 Å². The van der Waals surface area contributed by atoms with Gasteiger partial charge in [0.2, 0.25) is 0 Å². The van der Waals surface area contributed by atoms with Gasteiger partial charge in [-0.1, -0.05) is 17.7 Å². The predicted molar refractivity (Wildman–Crippen MR) is 120 cm³/mol. The lowest BCUT2D eigenvalue weighted by molar-refractivity contribution is -0.131. The highest BCUT2D eigenvalue weighted by Gasteiger charge is 2.21. The summed E-state index contributed by atoms with van der Waals surface area (Å²) < 4.78 is 31.9. The molecule has 2 aromatic carbocycles. The first-order valence-corrected chi connectivity index (χ1v) is 12.4. The molecular weight excluding hydrogens is 450 g/mol. The third-order valence-electron chi connectivity index (χ3n) is 3.95. The second-order valence-electron chi connectivity index (χ2n) is 5.97. The summed E-state index contributed by atoms with van der Waals surface area (Å²) in [6.07, 6.45) is 0. The first-order chi connectivity index (χ1) is 13.9. The van der Waals surface area contributed by atoms with E-state index < -0.39 is 10.0 Å². The predicted octanol–water partition coefficient (Wildman–Crippen LogP) is 5.07. The maximum Gasteiger partial charge on any atom is 0.321 e. The highest BCUT2D eigenvalue weighted by molar-refractivity contribution is 7.99. The van der Waals surface area contributed by atoms with E-state index in [1.165, 1.54) is 52.3 Å². The van der Waals surface area contributed by atoms with Crippen LogP contribution in [0.15, 0.2) is 70.9 Å². The van der Waals surface area contributed by atoms with E-state index >= 15 is 0 Å². The number of ether oxygens (including phenoxy) is 1. The van der Waals surface area contributed by atoms with E-state index in [-0.39, 0.29) is 16.6 Å². The zero-order chi connectivity index (χ0) is 20.9. The number of carbonyl (C=O) groups is 1. The van der Waals surface area contributed by atoms with Gasteiger partial charge in [0.15, 0.2) is 0 Å². The maximum atomic E-state index is 12.7. The van der Waals surface area contributed by atoms with Gasteiger partial charge in [-0.3, -0.25) is 9.10 Å². The number of anilines is 1. The van der Waals surface area contributed by atoms with Crippen LogP contribution in [-0.4, -0.2) is 27.2 Å². The van der Waals surface area contributed by atoms with Gasteiger partial charge in [0, 0.05) is 22.7 Å². The molecule has 1 aromatic heterocycles. The van der Waals surface area contributed by atoms with Crippen LogP contribution in [0.25, 0.3) is 0 Å². The summed E-state index contributed by atoms with van der Waals surface area (Å²) in [5.41, 5.74) is 0.451. The summed E-state index contributed by atoms with van der Waals surface area (Å²) in [6.45, 7) is 0. The number of sulfonamides is 1. The Morgan fingerprint density at radius 2 is 1.79 bits per heavy atom. The van der Waals surface area contributed by atoms with E-state index in [1.54, 1.807) is 35.6 Å². The smallest absolute Gasteiger partial charge is 0.321 e. The molecule has 0 radical (unpaired) electrons. The molecule has 0 spiro atoms. The number of hydrogen-bond acceptors (Lipinski definition) is 6. The first kappa shape index (κ1) is 21.7. The quantitative estimate of drug-likeness (QED) is 0.342. The molecule has 0 N–H and O–H groups in total. The van der Waals surface area contributed by atoms with Crippen LogP contribution in [-0.2, 0) is 20.6 Å². The van der Waals surface area contributed by atoms with Crippen molar-refractivity contribution in [3.63, 3.8) is 0 Å². The van der Waals surface area contributed by atoms with Crippen molar-refractivity contribution < 1.29 is 17.9 Å². The van der Waals surface area contributed by atoms with Gasteiger partial charge in [0.05, 0.1) is 16.3 Å². The van der Waals surface area contributed by atoms with Crippen molar-refractivity contribution in [2.75, 3.05) is 17.1 Å². The molecule has 152 valence electrons. The fraction of sp³-hybridized carbons (Fsp3) is 0.150. The number of rotatable bonds is 8. The Labute approximate surface area is 183 Å². The van der Waals surface area contributed by atoms with Crippen LogP contribution in [0.5, 0.6) is 5.75 Å². The number of hydrogen-bond donors (Lipinski definition) is 0. The Hall–Kier alpha value is -2.00. The Bertz CT molecular complexity index is 1050. The van der Waals surface area contributed by atoms with E-state index in [9.17, 15) is 13.2 Å². The monoisotopic (exact) mass is 467 g/mol. The lowest BCUT2D eigenvalue weighted by Crippen LogP contribution is -2.26. The summed E-state index contributed by atoms with van der Waals surface area (Å²) in [6, 6.07) is 16.3. The number of benzene rings is 2. The molecule has 0 aliphatic heterocycles. The molecule has 9 heteroatoms. The van der Waals surface area contributed by atoms with E-state index in [1.807, 2.05) is 17.5 Å². The highest BCUT2D eigenvalue weighted by atomic mass is 35.5. The van der Waals surface area contributed by atoms with E-state index in [2.05, 4.69) is 0 Å². The molecule has 0 bridgehead atoms. The van der Waals surface area contributed by atoms with E-state index in [0.29, 0.717) is 16.5 Å². The fourth-order valence-corrected chi connectivity index (χ4v) is 5.38. The molecule has 0 aliphatic rings. The minimum Gasteiger partial charge on any atom is -0.426 e. The van der Waals surface area contributed by atoms with Gasteiger partial charge in [0.1, 0.15) is 5.75 Å². The molecular formula is C20H18ClNO4S3. The van der Waals surface area contributed by atoms with Gasteiger partial charge in [-0.2, -0.15) is 0 Å². The van der Waals surface area contributed by atoms with Crippen molar-refractivity contribution in [3.05, 3.63) is 75.9 Å². The van der Waals surface area contributed by atoms with Crippen molar-refractivity contribution in [1.82, 2.24) is 0 Å². The third-order valence-corrected chi connectivity index (χ3v) is 8.01. The van der Waals surface area contributed by atoms with Crippen molar-refractivity contribution in [1.29, 1.82) is 0 Å². The van der Waals surface area contributed by atoms with Gasteiger partial charge in [-0.15, -0.1) is 23.1 Å². The Balaban J connectivity index is 1.58. The summed E-state index contributed by atoms with van der Waals surface area (Å²) in [5, 5.41) is 2.46. The molecule has 0 saturated carbocycles. The number of carbonyl (C=O) groups excluding carboxylic acids is 1. The number of thiophene rings is 1. The lowest BCUT2D eigenvalue weighted by atomic mass is 10.3. The zero-order valence-corrected chi connectivity index (χ0v) is 18.7. The van der Waals surface area contributed by atoms with Crippen LogP contribution in [0.4, 0.5) is 5.69 Å². The minimum absolute atomic E-state index is 0.141. The van der Waals surface area contributed by atoms with Crippen LogP contribution < -0.4 is 9.04 Å². The van der Waals surface area contributed by atoms with Crippen molar-refractivity contribution in [3.8, 4) is 5.75 Å². The summed E-state index contributed by atoms with van der Waals surface area (Å²) >= 11 is 8.96. The fourth-order valence-electron chi connectivity index (χ4n) is 2.42. The van der Waals surface area contributed by atoms with Crippen molar-refractivity contribution >= 4 is 56.4 Å². The van der Waals surface area contributed by atoms with E-state index in [4.69, 9.17) is 16.3 Å². The molecule has 3 aromatic rings. The summed E-state index contributed by atoms with van der Waals surface area (Å²) in [7, 11) is -2.25. The molecule has 0 atom stereocenters. The molecule has 29 heavy (non-hydrogen) atoms. The SMILES string of the molecule is CN(c1ccc(OC(=O)CSCc2cccs2)cc1)S(=O)(=O)c1ccc(Cl)cc1. The van der Waals surface area contributed by atoms with Gasteiger partial charge in [-0.25, -0.2) is 8.42 Å². The minimum atomic E-state index is -3.71. The molecule has 0 unspecified atom stereocenters. The van der Waals surface area contributed by atoms with Gasteiger partial charge in [0.25, 0.3) is 10.0 Å². The third kappa shape index (κ3) is 5.76. The molecule has 1 heterocycles. The molecule has 0 saturated heterocycles. The average molecular weight is 468 g/mol. The van der Waals surface area contributed by atoms with E-state index in [0.717, 1.165) is 5.75 Å². The van der Waals surface area contributed by atoms with Crippen molar-refractivity contribution in [2.24, 2.45) is 0 Å². The van der Waals surface area contributed by atoms with Crippen LogP contribution in [0, 0.1) is 0 Å². The zero-order valence-electron chi connectivity index (χ0n) is 15.4. The van der Waals surface area contributed by atoms with Crippen LogP contribution in [0.1, 0.15) is 4.88 Å². The number of halogens is 1. The largest absolute Gasteiger partial charge is 0.426 e. The highest BCUT2D eigenvalue weighted by Crippen LogP contribution is 2.25. The Morgan fingerprint density at radius 3 is 2.41 bits per heavy atom. The second-order valence-corrected chi connectivity index (χ2v) is 10.4. The Morgan fingerprint density at radius 1 is 1.10 bits per heavy atom. The van der Waals surface area contributed by atoms with Gasteiger partial charge in [-0.05, 0) is 60.0 Å². The standard InChI is InChI=1S/C20H18ClNO4S3/c1-22(29(24,25)19-10-4-15(21)5-11-19)16-6-8-17(9-7-16)26-20(23)14-27-13-18-3-2-12-28-18/h2-12H,13-14H2,1H3. The second kappa shape index (κ2) is 9.67. The Kier molecular flexibility index (Phi) is 7.23. The lowest BCUT2D eigenvalue weighted by Gasteiger charge is -2.19. The number of thioether (sulfide) groups is 1.